The van der Waals surface area contributed by atoms with Crippen molar-refractivity contribution in [2.45, 2.75) is 31.8 Å². The number of benzene rings is 1. The Labute approximate surface area is 104 Å². The zero-order valence-corrected chi connectivity index (χ0v) is 9.90. The van der Waals surface area contributed by atoms with E-state index in [1.54, 1.807) is 4.90 Å². The highest BCUT2D eigenvalue weighted by molar-refractivity contribution is 5.73. The fourth-order valence-electron chi connectivity index (χ4n) is 2.35. The third-order valence-corrected chi connectivity index (χ3v) is 3.32. The van der Waals surface area contributed by atoms with Crippen molar-refractivity contribution in [1.82, 2.24) is 4.90 Å². The lowest BCUT2D eigenvalue weighted by atomic mass is 10.0. The van der Waals surface area contributed by atoms with Gasteiger partial charge in [-0.05, 0) is 31.5 Å². The van der Waals surface area contributed by atoms with Gasteiger partial charge in [0.1, 0.15) is 17.7 Å². The minimum Gasteiger partial charge on any atom is -0.480 e. The summed E-state index contributed by atoms with van der Waals surface area (Å²) in [4.78, 5) is 12.7. The van der Waals surface area contributed by atoms with Crippen LogP contribution in [-0.4, -0.2) is 28.6 Å². The highest BCUT2D eigenvalue weighted by Gasteiger charge is 2.29. The van der Waals surface area contributed by atoms with Gasteiger partial charge in [0.05, 0.1) is 0 Å². The minimum atomic E-state index is -0.925. The van der Waals surface area contributed by atoms with Crippen LogP contribution < -0.4 is 0 Å². The van der Waals surface area contributed by atoms with E-state index in [9.17, 15) is 13.6 Å². The number of halogens is 2. The molecule has 1 fully saturated rings. The van der Waals surface area contributed by atoms with Crippen LogP contribution >= 0.6 is 0 Å². The van der Waals surface area contributed by atoms with Crippen LogP contribution in [0.3, 0.4) is 0 Å². The van der Waals surface area contributed by atoms with Crippen molar-refractivity contribution in [3.8, 4) is 0 Å². The quantitative estimate of drug-likeness (QED) is 0.901. The summed E-state index contributed by atoms with van der Waals surface area (Å²) in [5.74, 6) is -2.17. The summed E-state index contributed by atoms with van der Waals surface area (Å²) >= 11 is 0. The zero-order valence-electron chi connectivity index (χ0n) is 9.90. The van der Waals surface area contributed by atoms with Gasteiger partial charge < -0.3 is 5.11 Å². The molecule has 0 spiro atoms. The summed E-state index contributed by atoms with van der Waals surface area (Å²) < 4.78 is 27.0. The van der Waals surface area contributed by atoms with Crippen molar-refractivity contribution in [2.24, 2.45) is 0 Å². The van der Waals surface area contributed by atoms with Crippen LogP contribution in [0.5, 0.6) is 0 Å². The Morgan fingerprint density at radius 3 is 2.61 bits per heavy atom. The number of rotatable bonds is 3. The van der Waals surface area contributed by atoms with E-state index in [4.69, 9.17) is 5.11 Å². The first-order chi connectivity index (χ1) is 8.59. The molecule has 1 aliphatic heterocycles. The van der Waals surface area contributed by atoms with Crippen molar-refractivity contribution in [2.75, 3.05) is 6.54 Å². The second-order valence-corrected chi connectivity index (χ2v) is 4.52. The maximum absolute atomic E-state index is 13.5. The van der Waals surface area contributed by atoms with Crippen molar-refractivity contribution in [1.29, 1.82) is 0 Å². The fraction of sp³-hybridized carbons (Fsp3) is 0.462. The maximum Gasteiger partial charge on any atom is 0.320 e. The van der Waals surface area contributed by atoms with E-state index >= 15 is 0 Å². The highest BCUT2D eigenvalue weighted by atomic mass is 19.1. The molecule has 0 bridgehead atoms. The smallest absolute Gasteiger partial charge is 0.320 e. The van der Waals surface area contributed by atoms with E-state index in [0.29, 0.717) is 13.0 Å². The normalized spacial score (nSPS) is 20.9. The molecule has 0 radical (unpaired) electrons. The summed E-state index contributed by atoms with van der Waals surface area (Å²) in [6, 6.07) is 3.05. The van der Waals surface area contributed by atoms with Crippen molar-refractivity contribution < 1.29 is 18.7 Å². The third kappa shape index (κ3) is 2.67. The second-order valence-electron chi connectivity index (χ2n) is 4.52. The standard InChI is InChI=1S/C13H15F2NO2/c14-10-4-3-5-11(15)9(10)8-16-7-2-1-6-12(16)13(17)18/h3-5,12H,1-2,6-8H2,(H,17,18). The van der Waals surface area contributed by atoms with E-state index in [-0.39, 0.29) is 12.1 Å². The van der Waals surface area contributed by atoms with Crippen molar-refractivity contribution in [3.63, 3.8) is 0 Å². The van der Waals surface area contributed by atoms with Crippen LogP contribution in [0.1, 0.15) is 24.8 Å². The molecule has 1 N–H and O–H groups in total. The van der Waals surface area contributed by atoms with E-state index in [1.807, 2.05) is 0 Å². The van der Waals surface area contributed by atoms with Gasteiger partial charge in [0.15, 0.2) is 0 Å². The lowest BCUT2D eigenvalue weighted by molar-refractivity contribution is -0.144. The zero-order chi connectivity index (χ0) is 13.1. The van der Waals surface area contributed by atoms with Gasteiger partial charge in [-0.25, -0.2) is 8.78 Å². The highest BCUT2D eigenvalue weighted by Crippen LogP contribution is 2.22. The molecule has 98 valence electrons. The van der Waals surface area contributed by atoms with Crippen molar-refractivity contribution >= 4 is 5.97 Å². The van der Waals surface area contributed by atoms with Crippen LogP contribution in [0.4, 0.5) is 8.78 Å². The molecule has 3 nitrogen and oxygen atoms in total. The SMILES string of the molecule is O=C(O)C1CCCCN1Cc1c(F)cccc1F. The fourth-order valence-corrected chi connectivity index (χ4v) is 2.35. The molecule has 1 aromatic rings. The summed E-state index contributed by atoms with van der Waals surface area (Å²) in [5, 5.41) is 9.10. The Hall–Kier alpha value is -1.49. The second kappa shape index (κ2) is 5.44. The molecule has 0 amide bonds. The molecule has 1 atom stereocenters. The maximum atomic E-state index is 13.5. The molecule has 18 heavy (non-hydrogen) atoms. The summed E-state index contributed by atoms with van der Waals surface area (Å²) in [7, 11) is 0. The van der Waals surface area contributed by atoms with E-state index < -0.39 is 23.6 Å². The van der Waals surface area contributed by atoms with Gasteiger partial charge in [-0.1, -0.05) is 12.5 Å². The molecule has 0 aliphatic carbocycles. The molecule has 0 aromatic heterocycles. The molecule has 1 unspecified atom stereocenters. The summed E-state index contributed by atoms with van der Waals surface area (Å²) in [5.41, 5.74) is -0.0503. The largest absolute Gasteiger partial charge is 0.480 e. The molecule has 5 heteroatoms. The topological polar surface area (TPSA) is 40.5 Å². The van der Waals surface area contributed by atoms with Crippen LogP contribution in [0.2, 0.25) is 0 Å². The monoisotopic (exact) mass is 255 g/mol. The first-order valence-electron chi connectivity index (χ1n) is 5.99. The molecular weight excluding hydrogens is 240 g/mol. The van der Waals surface area contributed by atoms with Gasteiger partial charge in [-0.3, -0.25) is 9.69 Å². The number of hydrogen-bond donors (Lipinski definition) is 1. The Morgan fingerprint density at radius 1 is 1.33 bits per heavy atom. The third-order valence-electron chi connectivity index (χ3n) is 3.32. The predicted octanol–water partition coefficient (Wildman–Crippen LogP) is 2.40. The Bertz CT molecular complexity index is 430. The first-order valence-corrected chi connectivity index (χ1v) is 5.99. The van der Waals surface area contributed by atoms with E-state index in [0.717, 1.165) is 12.8 Å². The Morgan fingerprint density at radius 2 is 2.00 bits per heavy atom. The Balaban J connectivity index is 2.18. The van der Waals surface area contributed by atoms with Crippen LogP contribution in [-0.2, 0) is 11.3 Å². The molecular formula is C13H15F2NO2. The minimum absolute atomic E-state index is 0.00940. The average Bonchev–Trinajstić information content (AvgIpc) is 2.34. The van der Waals surface area contributed by atoms with Gasteiger partial charge >= 0.3 is 5.97 Å². The molecule has 1 saturated heterocycles. The number of piperidine rings is 1. The number of aliphatic carboxylic acids is 1. The summed E-state index contributed by atoms with van der Waals surface area (Å²) in [6.45, 7) is 0.570. The lowest BCUT2D eigenvalue weighted by Gasteiger charge is -2.32. The first kappa shape index (κ1) is 13.0. The van der Waals surface area contributed by atoms with Gasteiger partial charge in [-0.2, -0.15) is 0 Å². The van der Waals surface area contributed by atoms with Crippen LogP contribution in [0, 0.1) is 11.6 Å². The van der Waals surface area contributed by atoms with E-state index in [2.05, 4.69) is 0 Å². The van der Waals surface area contributed by atoms with Crippen LogP contribution in [0.15, 0.2) is 18.2 Å². The molecule has 2 rings (SSSR count). The molecule has 1 heterocycles. The number of nitrogens with zero attached hydrogens (tertiary/aromatic N) is 1. The number of carbonyl (C=O) groups is 1. The van der Waals surface area contributed by atoms with Crippen molar-refractivity contribution in [3.05, 3.63) is 35.4 Å². The van der Waals surface area contributed by atoms with Gasteiger partial charge in [-0.15, -0.1) is 0 Å². The number of likely N-dealkylation sites (tertiary alicyclic amines) is 1. The molecule has 1 aromatic carbocycles. The van der Waals surface area contributed by atoms with E-state index in [1.165, 1.54) is 18.2 Å². The summed E-state index contributed by atoms with van der Waals surface area (Å²) in [6.07, 6.45) is 2.23. The Kier molecular flexibility index (Phi) is 3.91. The number of carboxylic acids is 1. The predicted molar refractivity (Wildman–Crippen MR) is 62.0 cm³/mol. The van der Waals surface area contributed by atoms with Gasteiger partial charge in [0.25, 0.3) is 0 Å². The van der Waals surface area contributed by atoms with Gasteiger partial charge in [0, 0.05) is 12.1 Å². The number of hydrogen-bond acceptors (Lipinski definition) is 2. The molecule has 0 saturated carbocycles. The van der Waals surface area contributed by atoms with Crippen LogP contribution in [0.25, 0.3) is 0 Å². The average molecular weight is 255 g/mol. The number of carboxylic acid groups (broad SMARTS) is 1. The molecule has 1 aliphatic rings. The van der Waals surface area contributed by atoms with Gasteiger partial charge in [0.2, 0.25) is 0 Å². The lowest BCUT2D eigenvalue weighted by Crippen LogP contribution is -2.44.